The SMILES string of the molecule is CCNC(=O)c1cccc(NC(=O)c2cccc(N3CCCS3(=O)=O)c2)c1. The third-order valence-corrected chi connectivity index (χ3v) is 6.09. The van der Waals surface area contributed by atoms with Crippen molar-refractivity contribution >= 4 is 33.2 Å². The van der Waals surface area contributed by atoms with Gasteiger partial charge in [0.15, 0.2) is 0 Å². The predicted octanol–water partition coefficient (Wildman–Crippen LogP) is 2.23. The van der Waals surface area contributed by atoms with Gasteiger partial charge in [0.25, 0.3) is 11.8 Å². The Morgan fingerprint density at radius 1 is 1.04 bits per heavy atom. The van der Waals surface area contributed by atoms with E-state index in [1.54, 1.807) is 48.5 Å². The number of nitrogens with zero attached hydrogens (tertiary/aromatic N) is 1. The van der Waals surface area contributed by atoms with Crippen molar-refractivity contribution in [1.82, 2.24) is 5.32 Å². The lowest BCUT2D eigenvalue weighted by Gasteiger charge is -2.17. The molecular formula is C19H21N3O4S. The molecule has 0 radical (unpaired) electrons. The van der Waals surface area contributed by atoms with Crippen molar-refractivity contribution in [3.05, 3.63) is 59.7 Å². The maximum atomic E-state index is 12.6. The molecule has 1 aliphatic rings. The average Bonchev–Trinajstić information content (AvgIpc) is 3.01. The van der Waals surface area contributed by atoms with Gasteiger partial charge in [-0.3, -0.25) is 13.9 Å². The summed E-state index contributed by atoms with van der Waals surface area (Å²) >= 11 is 0. The normalized spacial score (nSPS) is 15.4. The largest absolute Gasteiger partial charge is 0.352 e. The van der Waals surface area contributed by atoms with Crippen LogP contribution in [0.3, 0.4) is 0 Å². The summed E-state index contributed by atoms with van der Waals surface area (Å²) in [5.74, 6) is -0.466. The maximum Gasteiger partial charge on any atom is 0.255 e. The van der Waals surface area contributed by atoms with E-state index in [9.17, 15) is 18.0 Å². The minimum atomic E-state index is -3.30. The molecular weight excluding hydrogens is 366 g/mol. The number of rotatable bonds is 5. The van der Waals surface area contributed by atoms with Gasteiger partial charge in [-0.15, -0.1) is 0 Å². The Morgan fingerprint density at radius 3 is 2.41 bits per heavy atom. The number of hydrogen-bond donors (Lipinski definition) is 2. The van der Waals surface area contributed by atoms with Crippen LogP contribution in [0.1, 0.15) is 34.1 Å². The number of amides is 2. The monoisotopic (exact) mass is 387 g/mol. The first-order valence-electron chi connectivity index (χ1n) is 8.71. The van der Waals surface area contributed by atoms with Crippen molar-refractivity contribution in [2.45, 2.75) is 13.3 Å². The van der Waals surface area contributed by atoms with Crippen molar-refractivity contribution in [2.24, 2.45) is 0 Å². The average molecular weight is 387 g/mol. The van der Waals surface area contributed by atoms with E-state index in [4.69, 9.17) is 0 Å². The van der Waals surface area contributed by atoms with Gasteiger partial charge in [-0.05, 0) is 49.7 Å². The van der Waals surface area contributed by atoms with Crippen LogP contribution in [-0.2, 0) is 10.0 Å². The van der Waals surface area contributed by atoms with Crippen LogP contribution in [0.2, 0.25) is 0 Å². The predicted molar refractivity (Wildman–Crippen MR) is 105 cm³/mol. The lowest BCUT2D eigenvalue weighted by molar-refractivity contribution is 0.0954. The molecule has 0 spiro atoms. The summed E-state index contributed by atoms with van der Waals surface area (Å²) in [6.07, 6.45) is 0.575. The Bertz CT molecular complexity index is 972. The van der Waals surface area contributed by atoms with Gasteiger partial charge in [0, 0.05) is 29.9 Å². The highest BCUT2D eigenvalue weighted by Gasteiger charge is 2.28. The first-order chi connectivity index (χ1) is 12.9. The zero-order valence-electron chi connectivity index (χ0n) is 14.9. The molecule has 2 amide bonds. The van der Waals surface area contributed by atoms with Crippen molar-refractivity contribution in [1.29, 1.82) is 0 Å². The van der Waals surface area contributed by atoms with Gasteiger partial charge in [-0.2, -0.15) is 0 Å². The number of carbonyl (C=O) groups excluding carboxylic acids is 2. The van der Waals surface area contributed by atoms with Crippen LogP contribution < -0.4 is 14.9 Å². The quantitative estimate of drug-likeness (QED) is 0.822. The number of hydrogen-bond acceptors (Lipinski definition) is 4. The highest BCUT2D eigenvalue weighted by atomic mass is 32.2. The van der Waals surface area contributed by atoms with E-state index in [1.165, 1.54) is 4.31 Å². The summed E-state index contributed by atoms with van der Waals surface area (Å²) in [6, 6.07) is 13.2. The third-order valence-electron chi connectivity index (χ3n) is 4.22. The Balaban J connectivity index is 1.78. The Kier molecular flexibility index (Phi) is 5.46. The van der Waals surface area contributed by atoms with Gasteiger partial charge in [0.2, 0.25) is 10.0 Å². The minimum absolute atomic E-state index is 0.121. The molecule has 1 saturated heterocycles. The zero-order chi connectivity index (χ0) is 19.4. The molecule has 142 valence electrons. The molecule has 0 aromatic heterocycles. The second-order valence-electron chi connectivity index (χ2n) is 6.19. The van der Waals surface area contributed by atoms with E-state index in [0.29, 0.717) is 42.0 Å². The van der Waals surface area contributed by atoms with E-state index in [0.717, 1.165) is 0 Å². The smallest absolute Gasteiger partial charge is 0.255 e. The van der Waals surface area contributed by atoms with E-state index in [-0.39, 0.29) is 17.6 Å². The molecule has 0 saturated carbocycles. The number of anilines is 2. The standard InChI is InChI=1S/C19H21N3O4S/c1-2-20-18(23)14-6-3-8-16(12-14)21-19(24)15-7-4-9-17(13-15)22-10-5-11-27(22,25)26/h3-4,6-9,12-13H,2,5,10-11H2,1H3,(H,20,23)(H,21,24). The summed E-state index contributed by atoms with van der Waals surface area (Å²) in [5, 5.41) is 5.45. The fraction of sp³-hybridized carbons (Fsp3) is 0.263. The number of sulfonamides is 1. The molecule has 0 atom stereocenters. The molecule has 1 aliphatic heterocycles. The van der Waals surface area contributed by atoms with Gasteiger partial charge >= 0.3 is 0 Å². The van der Waals surface area contributed by atoms with E-state index in [2.05, 4.69) is 10.6 Å². The van der Waals surface area contributed by atoms with Crippen LogP contribution in [0, 0.1) is 0 Å². The fourth-order valence-electron chi connectivity index (χ4n) is 2.94. The van der Waals surface area contributed by atoms with Crippen molar-refractivity contribution in [2.75, 3.05) is 28.5 Å². The van der Waals surface area contributed by atoms with Gasteiger partial charge in [0.1, 0.15) is 0 Å². The first kappa shape index (κ1) is 18.9. The van der Waals surface area contributed by atoms with Crippen molar-refractivity contribution in [3.63, 3.8) is 0 Å². The van der Waals surface area contributed by atoms with Crippen LogP contribution in [0.25, 0.3) is 0 Å². The highest BCUT2D eigenvalue weighted by molar-refractivity contribution is 7.93. The first-order valence-corrected chi connectivity index (χ1v) is 10.3. The van der Waals surface area contributed by atoms with Crippen LogP contribution in [-0.4, -0.2) is 39.1 Å². The van der Waals surface area contributed by atoms with Crippen molar-refractivity contribution in [3.8, 4) is 0 Å². The molecule has 1 fully saturated rings. The van der Waals surface area contributed by atoms with Gasteiger partial charge in [-0.1, -0.05) is 12.1 Å². The number of carbonyl (C=O) groups is 2. The molecule has 3 rings (SSSR count). The van der Waals surface area contributed by atoms with E-state index < -0.39 is 10.0 Å². The second kappa shape index (κ2) is 7.79. The summed E-state index contributed by atoms with van der Waals surface area (Å²) in [6.45, 7) is 2.76. The lowest BCUT2D eigenvalue weighted by Crippen LogP contribution is -2.25. The molecule has 2 aromatic rings. The van der Waals surface area contributed by atoms with Gasteiger partial charge in [0.05, 0.1) is 11.4 Å². The van der Waals surface area contributed by atoms with E-state index in [1.807, 2.05) is 6.92 Å². The Hall–Kier alpha value is -2.87. The zero-order valence-corrected chi connectivity index (χ0v) is 15.8. The molecule has 8 heteroatoms. The number of benzene rings is 2. The van der Waals surface area contributed by atoms with Gasteiger partial charge in [-0.25, -0.2) is 8.42 Å². The lowest BCUT2D eigenvalue weighted by atomic mass is 10.1. The van der Waals surface area contributed by atoms with E-state index >= 15 is 0 Å². The van der Waals surface area contributed by atoms with Crippen molar-refractivity contribution < 1.29 is 18.0 Å². The van der Waals surface area contributed by atoms with Crippen LogP contribution in [0.4, 0.5) is 11.4 Å². The molecule has 0 bridgehead atoms. The molecule has 7 nitrogen and oxygen atoms in total. The number of nitrogens with one attached hydrogen (secondary N) is 2. The second-order valence-corrected chi connectivity index (χ2v) is 8.20. The molecule has 1 heterocycles. The Morgan fingerprint density at radius 2 is 1.74 bits per heavy atom. The highest BCUT2D eigenvalue weighted by Crippen LogP contribution is 2.25. The summed E-state index contributed by atoms with van der Waals surface area (Å²) in [4.78, 5) is 24.5. The molecule has 2 N–H and O–H groups in total. The van der Waals surface area contributed by atoms with Crippen LogP contribution in [0.5, 0.6) is 0 Å². The molecule has 2 aromatic carbocycles. The fourth-order valence-corrected chi connectivity index (χ4v) is 4.49. The maximum absolute atomic E-state index is 12.6. The topological polar surface area (TPSA) is 95.6 Å². The Labute approximate surface area is 158 Å². The minimum Gasteiger partial charge on any atom is -0.352 e. The summed E-state index contributed by atoms with van der Waals surface area (Å²) in [5.41, 5.74) is 1.77. The van der Waals surface area contributed by atoms with Crippen LogP contribution >= 0.6 is 0 Å². The summed E-state index contributed by atoms with van der Waals surface area (Å²) < 4.78 is 25.5. The summed E-state index contributed by atoms with van der Waals surface area (Å²) in [7, 11) is -3.30. The molecule has 27 heavy (non-hydrogen) atoms. The molecule has 0 unspecified atom stereocenters. The van der Waals surface area contributed by atoms with Gasteiger partial charge < -0.3 is 10.6 Å². The molecule has 0 aliphatic carbocycles. The third kappa shape index (κ3) is 4.28. The van der Waals surface area contributed by atoms with Crippen LogP contribution in [0.15, 0.2) is 48.5 Å².